The Morgan fingerprint density at radius 3 is 1.96 bits per heavy atom. The zero-order valence-corrected chi connectivity index (χ0v) is 18.3. The zero-order chi connectivity index (χ0) is 19.9. The highest BCUT2D eigenvalue weighted by Crippen LogP contribution is 2.43. The van der Waals surface area contributed by atoms with Crippen LogP contribution in [0.1, 0.15) is 48.5 Å². The fourth-order valence-corrected chi connectivity index (χ4v) is 10.0. The molecular weight excluding hydrogens is 356 g/mol. The lowest BCUT2D eigenvalue weighted by molar-refractivity contribution is -0.334. The molecule has 26 heavy (non-hydrogen) atoms. The van der Waals surface area contributed by atoms with E-state index in [0.29, 0.717) is 16.6 Å². The van der Waals surface area contributed by atoms with Crippen LogP contribution in [0, 0.1) is 0 Å². The molecule has 0 aromatic rings. The molecule has 0 aromatic heterocycles. The van der Waals surface area contributed by atoms with Crippen LogP contribution in [0.2, 0.25) is 16.6 Å². The van der Waals surface area contributed by atoms with Crippen LogP contribution in [0.15, 0.2) is 0 Å². The fourth-order valence-electron chi connectivity index (χ4n) is 4.57. The van der Waals surface area contributed by atoms with Crippen molar-refractivity contribution in [1.29, 1.82) is 0 Å². The first-order valence-electron chi connectivity index (χ1n) is 9.54. The van der Waals surface area contributed by atoms with Crippen molar-refractivity contribution in [2.24, 2.45) is 0 Å². The Hall–Kier alpha value is -0.0631. The van der Waals surface area contributed by atoms with Gasteiger partial charge in [-0.05, 0) is 16.6 Å². The molecule has 8 heteroatoms. The summed E-state index contributed by atoms with van der Waals surface area (Å²) in [6.07, 6.45) is -4.53. The first-order valence-corrected chi connectivity index (χ1v) is 11.7. The van der Waals surface area contributed by atoms with E-state index in [1.807, 2.05) is 0 Å². The molecule has 1 unspecified atom stereocenters. The van der Waals surface area contributed by atoms with E-state index >= 15 is 0 Å². The highest BCUT2D eigenvalue weighted by Gasteiger charge is 2.56. The molecule has 154 valence electrons. The van der Waals surface area contributed by atoms with E-state index < -0.39 is 45.0 Å². The molecule has 0 aliphatic carbocycles. The lowest BCUT2D eigenvalue weighted by Crippen LogP contribution is -2.59. The second kappa shape index (κ2) is 8.12. The van der Waals surface area contributed by atoms with Gasteiger partial charge in [0, 0.05) is 14.0 Å². The summed E-state index contributed by atoms with van der Waals surface area (Å²) in [6, 6.07) is 0. The summed E-state index contributed by atoms with van der Waals surface area (Å²) in [7, 11) is -0.648. The van der Waals surface area contributed by atoms with Gasteiger partial charge in [-0.15, -0.1) is 0 Å². The molecule has 0 radical (unpaired) electrons. The Labute approximate surface area is 158 Å². The molecule has 0 amide bonds. The van der Waals surface area contributed by atoms with Crippen LogP contribution in [0.5, 0.6) is 0 Å². The maximum Gasteiger partial charge on any atom is 0.282 e. The van der Waals surface area contributed by atoms with Gasteiger partial charge in [-0.3, -0.25) is 4.74 Å². The molecule has 0 bridgehead atoms. The van der Waals surface area contributed by atoms with Crippen molar-refractivity contribution in [1.82, 2.24) is 0 Å². The van der Waals surface area contributed by atoms with Crippen LogP contribution >= 0.6 is 0 Å². The second-order valence-electron chi connectivity index (χ2n) is 8.42. The maximum atomic E-state index is 10.5. The molecular formula is C18H36O7Si. The molecule has 7 nitrogen and oxygen atoms in total. The summed E-state index contributed by atoms with van der Waals surface area (Å²) in [5.41, 5.74) is 1.26. The second-order valence-corrected chi connectivity index (χ2v) is 13.9. The zero-order valence-electron chi connectivity index (χ0n) is 17.3. The maximum absolute atomic E-state index is 10.5. The van der Waals surface area contributed by atoms with Gasteiger partial charge in [-0.25, -0.2) is 0 Å². The van der Waals surface area contributed by atoms with Gasteiger partial charge in [0.1, 0.15) is 24.4 Å². The smallest absolute Gasteiger partial charge is 0.282 e. The lowest BCUT2D eigenvalue weighted by atomic mass is 9.99. The molecule has 2 aliphatic heterocycles. The molecule has 2 aliphatic rings. The van der Waals surface area contributed by atoms with Crippen molar-refractivity contribution >= 4 is 8.32 Å². The standard InChI is InChI=1S/C18H36O7Si/c1-10(2)26(11(3)4,12(5)6)22-9-13-14(19)15(20)16-17(23-13)25-18(7,21-8)24-16/h10-17,19-20H,9H2,1-8H3/t13-,14-,15+,16-,17-,18?/m1/s1. The van der Waals surface area contributed by atoms with Gasteiger partial charge in [0.05, 0.1) is 6.61 Å². The molecule has 2 saturated heterocycles. The van der Waals surface area contributed by atoms with Crippen molar-refractivity contribution in [2.45, 2.75) is 102 Å². The number of aliphatic hydroxyl groups excluding tert-OH is 2. The van der Waals surface area contributed by atoms with Gasteiger partial charge in [0.25, 0.3) is 5.97 Å². The van der Waals surface area contributed by atoms with Crippen molar-refractivity contribution in [3.63, 3.8) is 0 Å². The Bertz CT molecular complexity index is 451. The molecule has 2 fully saturated rings. The van der Waals surface area contributed by atoms with Crippen LogP contribution in [0.4, 0.5) is 0 Å². The Morgan fingerprint density at radius 1 is 0.962 bits per heavy atom. The van der Waals surface area contributed by atoms with Gasteiger partial charge in [0.15, 0.2) is 14.6 Å². The SMILES string of the molecule is COC1(C)O[C@H]2O[C@H](CO[Si](C(C)C)(C(C)C)C(C)C)[C@@H](O)[C@H](O)[C@H]2O1. The highest BCUT2D eigenvalue weighted by molar-refractivity contribution is 6.77. The van der Waals surface area contributed by atoms with Crippen molar-refractivity contribution in [2.75, 3.05) is 13.7 Å². The van der Waals surface area contributed by atoms with E-state index in [4.69, 9.17) is 23.4 Å². The average Bonchev–Trinajstić information content (AvgIpc) is 2.89. The molecule has 2 rings (SSSR count). The van der Waals surface area contributed by atoms with Crippen LogP contribution < -0.4 is 0 Å². The van der Waals surface area contributed by atoms with Crippen molar-refractivity contribution in [3.8, 4) is 0 Å². The molecule has 2 heterocycles. The average molecular weight is 393 g/mol. The van der Waals surface area contributed by atoms with Crippen molar-refractivity contribution in [3.05, 3.63) is 0 Å². The third kappa shape index (κ3) is 3.88. The number of methoxy groups -OCH3 is 1. The summed E-state index contributed by atoms with van der Waals surface area (Å²) in [5, 5.41) is 21.0. The number of aliphatic hydroxyl groups is 2. The minimum absolute atomic E-state index is 0.218. The first-order chi connectivity index (χ1) is 12.0. The molecule has 0 saturated carbocycles. The summed E-state index contributed by atoms with van der Waals surface area (Å²) < 4.78 is 28.8. The van der Waals surface area contributed by atoms with E-state index in [9.17, 15) is 10.2 Å². The highest BCUT2D eigenvalue weighted by atomic mass is 28.4. The minimum atomic E-state index is -2.10. The number of hydrogen-bond donors (Lipinski definition) is 2. The van der Waals surface area contributed by atoms with Gasteiger partial charge >= 0.3 is 0 Å². The number of ether oxygens (including phenoxy) is 4. The number of hydrogen-bond acceptors (Lipinski definition) is 7. The van der Waals surface area contributed by atoms with E-state index in [0.717, 1.165) is 0 Å². The lowest BCUT2D eigenvalue weighted by Gasteiger charge is -2.44. The Balaban J connectivity index is 2.12. The van der Waals surface area contributed by atoms with E-state index in [1.54, 1.807) is 6.92 Å². The molecule has 2 N–H and O–H groups in total. The summed E-state index contributed by atoms with van der Waals surface area (Å²) in [6.45, 7) is 15.0. The van der Waals surface area contributed by atoms with Crippen LogP contribution in [0.3, 0.4) is 0 Å². The summed E-state index contributed by atoms with van der Waals surface area (Å²) in [4.78, 5) is 0. The van der Waals surface area contributed by atoms with Gasteiger partial charge in [0.2, 0.25) is 0 Å². The summed E-state index contributed by atoms with van der Waals surface area (Å²) >= 11 is 0. The van der Waals surface area contributed by atoms with Gasteiger partial charge in [-0.2, -0.15) is 0 Å². The van der Waals surface area contributed by atoms with Crippen LogP contribution in [-0.4, -0.2) is 68.9 Å². The number of fused-ring (bicyclic) bond motifs is 1. The summed E-state index contributed by atoms with van der Waals surface area (Å²) in [5.74, 6) is -1.29. The van der Waals surface area contributed by atoms with Gasteiger partial charge < -0.3 is 28.8 Å². The normalized spacial score (nSPS) is 38.4. The fraction of sp³-hybridized carbons (Fsp3) is 1.00. The Morgan fingerprint density at radius 2 is 1.50 bits per heavy atom. The number of rotatable bonds is 7. The predicted octanol–water partition coefficient (Wildman–Crippen LogP) is 2.36. The molecule has 0 aromatic carbocycles. The molecule has 0 spiro atoms. The third-order valence-corrected chi connectivity index (χ3v) is 12.0. The van der Waals surface area contributed by atoms with E-state index in [-0.39, 0.29) is 6.61 Å². The topological polar surface area (TPSA) is 86.6 Å². The van der Waals surface area contributed by atoms with Crippen molar-refractivity contribution < 1.29 is 33.6 Å². The van der Waals surface area contributed by atoms with Crippen LogP contribution in [0.25, 0.3) is 0 Å². The van der Waals surface area contributed by atoms with E-state index in [2.05, 4.69) is 41.5 Å². The predicted molar refractivity (Wildman–Crippen MR) is 99.0 cm³/mol. The quantitative estimate of drug-likeness (QED) is 0.643. The minimum Gasteiger partial charge on any atom is -0.413 e. The van der Waals surface area contributed by atoms with Crippen LogP contribution in [-0.2, 0) is 23.4 Å². The molecule has 6 atom stereocenters. The van der Waals surface area contributed by atoms with E-state index in [1.165, 1.54) is 7.11 Å². The third-order valence-electron chi connectivity index (χ3n) is 5.90. The van der Waals surface area contributed by atoms with Gasteiger partial charge in [-0.1, -0.05) is 41.5 Å². The largest absolute Gasteiger partial charge is 0.413 e. The first kappa shape index (κ1) is 22.2. The Kier molecular flexibility index (Phi) is 6.95. The monoisotopic (exact) mass is 392 g/mol.